The maximum Gasteiger partial charge on any atom is 0.308 e. The number of primary amides is 1. The van der Waals surface area contributed by atoms with Gasteiger partial charge < -0.3 is 58.2 Å². The van der Waals surface area contributed by atoms with E-state index in [4.69, 9.17) is 20.9 Å². The second-order valence-corrected chi connectivity index (χ2v) is 15.9. The third kappa shape index (κ3) is 20.3. The Labute approximate surface area is 313 Å². The molecule has 4 atom stereocenters. The molecule has 21 nitrogen and oxygen atoms in total. The Kier molecular flexibility index (Phi) is 19.1. The average molecular weight is 792 g/mol. The third-order valence-electron chi connectivity index (χ3n) is 6.23. The van der Waals surface area contributed by atoms with E-state index < -0.39 is 134 Å². The summed E-state index contributed by atoms with van der Waals surface area (Å²) in [6.45, 7) is 6.98. The molecule has 0 aromatic carbocycles. The topological polar surface area (TPSA) is 325 Å². The number of amides is 8. The largest absolute Gasteiger partial charge is 0.460 e. The Morgan fingerprint density at radius 3 is 1.66 bits per heavy atom. The van der Waals surface area contributed by atoms with Crippen LogP contribution < -0.4 is 48.7 Å². The fraction of sp³-hybridized carbons (Fsp3) is 0.667. The Morgan fingerprint density at radius 2 is 1.19 bits per heavy atom. The van der Waals surface area contributed by atoms with Gasteiger partial charge in [0.15, 0.2) is 0 Å². The molecular formula is C30H49N9O12S2. The van der Waals surface area contributed by atoms with Crippen molar-refractivity contribution in [2.24, 2.45) is 11.5 Å². The van der Waals surface area contributed by atoms with Crippen LogP contribution in [0.4, 0.5) is 0 Å². The molecule has 0 aliphatic carbocycles. The van der Waals surface area contributed by atoms with E-state index in [1.54, 1.807) is 41.5 Å². The minimum atomic E-state index is -1.65. The molecule has 0 spiro atoms. The van der Waals surface area contributed by atoms with Crippen LogP contribution in [0.1, 0.15) is 54.4 Å². The zero-order valence-corrected chi connectivity index (χ0v) is 32.0. The summed E-state index contributed by atoms with van der Waals surface area (Å²) < 4.78 is 10.5. The number of esters is 2. The van der Waals surface area contributed by atoms with E-state index in [-0.39, 0.29) is 11.5 Å². The highest BCUT2D eigenvalue weighted by Gasteiger charge is 2.32. The molecule has 298 valence electrons. The normalized spacial score (nSPS) is 21.6. The van der Waals surface area contributed by atoms with Crippen LogP contribution >= 0.6 is 21.6 Å². The minimum Gasteiger partial charge on any atom is -0.460 e. The van der Waals surface area contributed by atoms with E-state index in [0.29, 0.717) is 0 Å². The predicted molar refractivity (Wildman–Crippen MR) is 191 cm³/mol. The molecule has 1 heterocycles. The maximum atomic E-state index is 13.5. The highest BCUT2D eigenvalue weighted by Crippen LogP contribution is 2.23. The van der Waals surface area contributed by atoms with Gasteiger partial charge in [0.05, 0.1) is 39.0 Å². The Hall–Kier alpha value is -4.64. The highest BCUT2D eigenvalue weighted by molar-refractivity contribution is 8.76. The molecule has 53 heavy (non-hydrogen) atoms. The Morgan fingerprint density at radius 1 is 0.717 bits per heavy atom. The molecule has 1 aliphatic rings. The molecule has 2 unspecified atom stereocenters. The van der Waals surface area contributed by atoms with E-state index >= 15 is 0 Å². The second-order valence-electron chi connectivity index (χ2n) is 13.4. The van der Waals surface area contributed by atoms with E-state index in [2.05, 4.69) is 37.2 Å². The van der Waals surface area contributed by atoms with Crippen molar-refractivity contribution in [2.75, 3.05) is 37.7 Å². The number of nitrogens with one attached hydrogen (secondary N) is 7. The second kappa shape index (κ2) is 21.8. The predicted octanol–water partition coefficient (Wildman–Crippen LogP) is -4.42. The van der Waals surface area contributed by atoms with Crippen LogP contribution in [-0.4, -0.2) is 132 Å². The Bertz CT molecular complexity index is 1400. The Balaban J connectivity index is 3.45. The zero-order valence-electron chi connectivity index (χ0n) is 30.3. The number of ether oxygens (including phenoxy) is 2. The molecule has 0 radical (unpaired) electrons. The van der Waals surface area contributed by atoms with Crippen molar-refractivity contribution < 1.29 is 57.4 Å². The lowest BCUT2D eigenvalue weighted by Gasteiger charge is -2.25. The molecule has 11 N–H and O–H groups in total. The maximum absolute atomic E-state index is 13.5. The third-order valence-corrected chi connectivity index (χ3v) is 8.65. The van der Waals surface area contributed by atoms with Crippen molar-refractivity contribution in [1.29, 1.82) is 0 Å². The van der Waals surface area contributed by atoms with E-state index in [0.717, 1.165) is 21.6 Å². The summed E-state index contributed by atoms with van der Waals surface area (Å²) in [7, 11) is 1.93. The fourth-order valence-corrected chi connectivity index (χ4v) is 6.31. The van der Waals surface area contributed by atoms with Crippen LogP contribution in [0.5, 0.6) is 0 Å². The van der Waals surface area contributed by atoms with Crippen molar-refractivity contribution in [3.8, 4) is 0 Å². The summed E-state index contributed by atoms with van der Waals surface area (Å²) in [5.41, 5.74) is 8.75. The first kappa shape index (κ1) is 46.4. The molecule has 0 aromatic heterocycles. The number of hydrogen-bond donors (Lipinski definition) is 9. The minimum absolute atomic E-state index is 0.143. The summed E-state index contributed by atoms with van der Waals surface area (Å²) >= 11 is 0. The molecule has 0 aromatic rings. The SMILES string of the molecule is CC(C)(C)OC(=O)CC1NC(=O)CNC(=O)C(CC(=O)OC(C)(C)C)NC(=O)[C@@H](NC(=O)CNC(=O)CN)CSSC[C@@H](C(N)=O)NC(=O)CNC1=O. The number of nitrogens with two attached hydrogens (primary N) is 2. The fourth-order valence-electron chi connectivity index (χ4n) is 3.97. The lowest BCUT2D eigenvalue weighted by atomic mass is 10.1. The summed E-state index contributed by atoms with van der Waals surface area (Å²) in [6, 6.07) is -5.92. The van der Waals surface area contributed by atoms with Gasteiger partial charge in [-0.05, 0) is 41.5 Å². The molecular weight excluding hydrogens is 743 g/mol. The molecule has 8 amide bonds. The van der Waals surface area contributed by atoms with Gasteiger partial charge in [-0.15, -0.1) is 0 Å². The van der Waals surface area contributed by atoms with Gasteiger partial charge >= 0.3 is 11.9 Å². The van der Waals surface area contributed by atoms with Crippen molar-refractivity contribution >= 4 is 80.8 Å². The molecule has 1 saturated heterocycles. The molecule has 0 saturated carbocycles. The van der Waals surface area contributed by atoms with Crippen molar-refractivity contribution in [2.45, 2.75) is 89.8 Å². The van der Waals surface area contributed by atoms with Crippen LogP contribution in [0.3, 0.4) is 0 Å². The van der Waals surface area contributed by atoms with Crippen molar-refractivity contribution in [1.82, 2.24) is 37.2 Å². The van der Waals surface area contributed by atoms with Gasteiger partial charge in [0.2, 0.25) is 47.3 Å². The van der Waals surface area contributed by atoms with E-state index in [1.165, 1.54) is 0 Å². The smallest absolute Gasteiger partial charge is 0.308 e. The summed E-state index contributed by atoms with van der Waals surface area (Å²) in [5, 5.41) is 16.2. The van der Waals surface area contributed by atoms with Crippen LogP contribution in [0.15, 0.2) is 0 Å². The van der Waals surface area contributed by atoms with Crippen molar-refractivity contribution in [3.05, 3.63) is 0 Å². The summed E-state index contributed by atoms with van der Waals surface area (Å²) in [5.74, 6) is -9.37. The van der Waals surface area contributed by atoms with Gasteiger partial charge in [0.1, 0.15) is 35.4 Å². The molecule has 1 aliphatic heterocycles. The summed E-state index contributed by atoms with van der Waals surface area (Å²) in [6.07, 6.45) is -1.39. The van der Waals surface area contributed by atoms with Gasteiger partial charge in [-0.2, -0.15) is 0 Å². The number of carbonyl (C=O) groups excluding carboxylic acids is 10. The standard InChI is InChI=1S/C30H49N9O12S2/c1-29(2,3)50-23(44)7-15-26(47)34-12-22(43)37-17(25(32)46)13-52-53-14-18(38-20(41)10-33-19(40)9-31)28(49)39-16(8-24(45)51-30(4,5)6)27(48)35-11-21(42)36-15/h15-18H,7-14,31H2,1-6H3,(H2,32,46)(H,33,40)(H,34,47)(H,35,48)(H,36,42)(H,37,43)(H,38,41)(H,39,49)/t15?,16?,17-,18-/m0/s1. The number of carbonyl (C=O) groups is 10. The summed E-state index contributed by atoms with van der Waals surface area (Å²) in [4.78, 5) is 127. The first-order valence-electron chi connectivity index (χ1n) is 16.2. The zero-order chi connectivity index (χ0) is 40.5. The van der Waals surface area contributed by atoms with Crippen LogP contribution in [-0.2, 0) is 57.4 Å². The quantitative estimate of drug-likeness (QED) is 0.0786. The van der Waals surface area contributed by atoms with Gasteiger partial charge in [-0.3, -0.25) is 47.9 Å². The van der Waals surface area contributed by atoms with Crippen molar-refractivity contribution in [3.63, 3.8) is 0 Å². The van der Waals surface area contributed by atoms with E-state index in [9.17, 15) is 47.9 Å². The van der Waals surface area contributed by atoms with Crippen LogP contribution in [0.25, 0.3) is 0 Å². The van der Waals surface area contributed by atoms with Gasteiger partial charge in [0.25, 0.3) is 0 Å². The number of rotatable bonds is 9. The monoisotopic (exact) mass is 791 g/mol. The molecule has 23 heteroatoms. The molecule has 1 fully saturated rings. The molecule has 0 bridgehead atoms. The lowest BCUT2D eigenvalue weighted by Crippen LogP contribution is -2.57. The molecule has 1 rings (SSSR count). The van der Waals surface area contributed by atoms with Gasteiger partial charge in [-0.1, -0.05) is 21.6 Å². The first-order chi connectivity index (χ1) is 24.5. The lowest BCUT2D eigenvalue weighted by molar-refractivity contribution is -0.157. The van der Waals surface area contributed by atoms with Gasteiger partial charge in [0, 0.05) is 11.5 Å². The average Bonchev–Trinajstić information content (AvgIpc) is 3.02. The first-order valence-corrected chi connectivity index (χ1v) is 18.7. The van der Waals surface area contributed by atoms with Crippen LogP contribution in [0.2, 0.25) is 0 Å². The van der Waals surface area contributed by atoms with E-state index in [1.807, 2.05) is 0 Å². The van der Waals surface area contributed by atoms with Crippen LogP contribution in [0, 0.1) is 0 Å². The highest BCUT2D eigenvalue weighted by atomic mass is 33.1. The number of hydrogen-bond acceptors (Lipinski definition) is 15. The van der Waals surface area contributed by atoms with Gasteiger partial charge in [-0.25, -0.2) is 0 Å².